The molecule has 1 aliphatic heterocycles. The van der Waals surface area contributed by atoms with Crippen LogP contribution in [0.3, 0.4) is 0 Å². The first-order valence-electron chi connectivity index (χ1n) is 8.22. The van der Waals surface area contributed by atoms with E-state index in [1.807, 2.05) is 0 Å². The van der Waals surface area contributed by atoms with Crippen LogP contribution in [-0.2, 0) is 17.8 Å². The van der Waals surface area contributed by atoms with Crippen LogP contribution < -0.4 is 5.32 Å². The fourth-order valence-electron chi connectivity index (χ4n) is 2.92. The van der Waals surface area contributed by atoms with Crippen LogP contribution in [0.4, 0.5) is 4.39 Å². The van der Waals surface area contributed by atoms with Crippen molar-refractivity contribution >= 4 is 12.0 Å². The molecule has 0 unspecified atom stereocenters. The molecule has 0 saturated carbocycles. The molecule has 24 heavy (non-hydrogen) atoms. The first-order valence-corrected chi connectivity index (χ1v) is 8.22. The number of amides is 1. The Morgan fingerprint density at radius 1 is 1.12 bits per heavy atom. The second-order valence-corrected chi connectivity index (χ2v) is 5.94. The van der Waals surface area contributed by atoms with Crippen LogP contribution in [0.1, 0.15) is 16.7 Å². The third-order valence-electron chi connectivity index (χ3n) is 4.26. The summed E-state index contributed by atoms with van der Waals surface area (Å²) in [5, 5.41) is 2.85. The van der Waals surface area contributed by atoms with Gasteiger partial charge in [-0.05, 0) is 29.7 Å². The fraction of sp³-hybridized carbons (Fsp3) is 0.250. The first kappa shape index (κ1) is 16.4. The maximum Gasteiger partial charge on any atom is 0.244 e. The molecule has 2 aromatic carbocycles. The highest BCUT2D eigenvalue weighted by atomic mass is 19.1. The van der Waals surface area contributed by atoms with E-state index in [9.17, 15) is 9.18 Å². The van der Waals surface area contributed by atoms with Crippen molar-refractivity contribution in [2.75, 3.05) is 19.6 Å². The highest BCUT2D eigenvalue weighted by Crippen LogP contribution is 2.17. The van der Waals surface area contributed by atoms with Gasteiger partial charge in [0.05, 0.1) is 0 Å². The van der Waals surface area contributed by atoms with Gasteiger partial charge in [-0.25, -0.2) is 4.39 Å². The van der Waals surface area contributed by atoms with Gasteiger partial charge in [-0.15, -0.1) is 0 Å². The molecule has 0 spiro atoms. The molecular weight excluding hydrogens is 303 g/mol. The van der Waals surface area contributed by atoms with Crippen LogP contribution in [0.5, 0.6) is 0 Å². The van der Waals surface area contributed by atoms with Crippen molar-refractivity contribution in [3.05, 3.63) is 77.1 Å². The molecule has 0 aromatic heterocycles. The fourth-order valence-corrected chi connectivity index (χ4v) is 2.92. The summed E-state index contributed by atoms with van der Waals surface area (Å²) in [6.07, 6.45) is 3.93. The van der Waals surface area contributed by atoms with Gasteiger partial charge < -0.3 is 5.32 Å². The molecule has 4 heteroatoms. The number of hydrogen-bond donors (Lipinski definition) is 1. The number of hydrogen-bond acceptors (Lipinski definition) is 2. The van der Waals surface area contributed by atoms with E-state index >= 15 is 0 Å². The van der Waals surface area contributed by atoms with Crippen LogP contribution >= 0.6 is 0 Å². The molecule has 1 heterocycles. The second-order valence-electron chi connectivity index (χ2n) is 5.94. The van der Waals surface area contributed by atoms with Crippen molar-refractivity contribution < 1.29 is 9.18 Å². The van der Waals surface area contributed by atoms with Crippen LogP contribution in [0.25, 0.3) is 6.08 Å². The molecule has 124 valence electrons. The highest BCUT2D eigenvalue weighted by Gasteiger charge is 2.14. The zero-order valence-electron chi connectivity index (χ0n) is 13.5. The molecule has 1 amide bonds. The molecule has 0 radical (unpaired) electrons. The van der Waals surface area contributed by atoms with E-state index in [2.05, 4.69) is 34.5 Å². The highest BCUT2D eigenvalue weighted by molar-refractivity contribution is 5.91. The van der Waals surface area contributed by atoms with Gasteiger partial charge in [-0.3, -0.25) is 9.69 Å². The predicted octanol–water partition coefficient (Wildman–Crippen LogP) is 3.01. The van der Waals surface area contributed by atoms with E-state index in [4.69, 9.17) is 0 Å². The molecule has 1 N–H and O–H groups in total. The van der Waals surface area contributed by atoms with Crippen LogP contribution in [0, 0.1) is 5.82 Å². The topological polar surface area (TPSA) is 32.3 Å². The molecule has 0 bridgehead atoms. The minimum atomic E-state index is -0.325. The summed E-state index contributed by atoms with van der Waals surface area (Å²) >= 11 is 0. The lowest BCUT2D eigenvalue weighted by molar-refractivity contribution is -0.116. The Morgan fingerprint density at radius 3 is 2.71 bits per heavy atom. The van der Waals surface area contributed by atoms with E-state index in [-0.39, 0.29) is 11.7 Å². The number of nitrogens with zero attached hydrogens (tertiary/aromatic N) is 1. The lowest BCUT2D eigenvalue weighted by Crippen LogP contribution is -2.37. The summed E-state index contributed by atoms with van der Waals surface area (Å²) in [5.74, 6) is -0.524. The smallest absolute Gasteiger partial charge is 0.244 e. The van der Waals surface area contributed by atoms with Crippen molar-refractivity contribution in [1.29, 1.82) is 0 Å². The lowest BCUT2D eigenvalue weighted by Gasteiger charge is -2.28. The van der Waals surface area contributed by atoms with E-state index in [0.717, 1.165) is 26.1 Å². The first-order chi connectivity index (χ1) is 11.7. The largest absolute Gasteiger partial charge is 0.351 e. The van der Waals surface area contributed by atoms with Gasteiger partial charge >= 0.3 is 0 Å². The van der Waals surface area contributed by atoms with Crippen molar-refractivity contribution in [1.82, 2.24) is 10.2 Å². The van der Waals surface area contributed by atoms with Crippen molar-refractivity contribution in [3.63, 3.8) is 0 Å². The molecule has 0 fully saturated rings. The lowest BCUT2D eigenvalue weighted by atomic mass is 10.00. The van der Waals surface area contributed by atoms with Gasteiger partial charge in [-0.2, -0.15) is 0 Å². The molecule has 3 rings (SSSR count). The van der Waals surface area contributed by atoms with Gasteiger partial charge in [0.15, 0.2) is 0 Å². The van der Waals surface area contributed by atoms with E-state index < -0.39 is 0 Å². The van der Waals surface area contributed by atoms with Gasteiger partial charge in [-0.1, -0.05) is 42.5 Å². The molecular formula is C20H21FN2O. The van der Waals surface area contributed by atoms with E-state index in [1.165, 1.54) is 29.3 Å². The Morgan fingerprint density at radius 2 is 1.88 bits per heavy atom. The Bertz CT molecular complexity index is 742. The second kappa shape index (κ2) is 7.88. The number of carbonyl (C=O) groups is 1. The standard InChI is InChI=1S/C20H21FN2O/c21-19-8-4-3-6-17(19)9-10-20(24)22-12-14-23-13-11-16-5-1-2-7-18(16)15-23/h1-10H,11-15H2,(H,22,24)/b10-9+. The maximum atomic E-state index is 13.5. The van der Waals surface area contributed by atoms with Gasteiger partial charge in [0.25, 0.3) is 0 Å². The summed E-state index contributed by atoms with van der Waals surface area (Å²) in [4.78, 5) is 14.2. The quantitative estimate of drug-likeness (QED) is 0.858. The molecule has 1 aliphatic rings. The Kier molecular flexibility index (Phi) is 5.39. The van der Waals surface area contributed by atoms with Crippen LogP contribution in [0.2, 0.25) is 0 Å². The minimum Gasteiger partial charge on any atom is -0.351 e. The summed E-state index contributed by atoms with van der Waals surface area (Å²) in [5.41, 5.74) is 3.21. The van der Waals surface area contributed by atoms with Crippen molar-refractivity contribution in [2.24, 2.45) is 0 Å². The molecule has 0 aliphatic carbocycles. The van der Waals surface area contributed by atoms with Crippen molar-refractivity contribution in [3.8, 4) is 0 Å². The number of nitrogens with one attached hydrogen (secondary N) is 1. The summed E-state index contributed by atoms with van der Waals surface area (Å²) < 4.78 is 13.5. The molecule has 0 atom stereocenters. The van der Waals surface area contributed by atoms with Crippen LogP contribution in [-0.4, -0.2) is 30.4 Å². The predicted molar refractivity (Wildman–Crippen MR) is 93.9 cm³/mol. The number of benzene rings is 2. The third-order valence-corrected chi connectivity index (χ3v) is 4.26. The normalized spacial score (nSPS) is 14.5. The summed E-state index contributed by atoms with van der Waals surface area (Å²) in [6, 6.07) is 14.9. The zero-order chi connectivity index (χ0) is 16.8. The molecule has 2 aromatic rings. The monoisotopic (exact) mass is 324 g/mol. The average molecular weight is 324 g/mol. The molecule has 3 nitrogen and oxygen atoms in total. The van der Waals surface area contributed by atoms with Crippen molar-refractivity contribution in [2.45, 2.75) is 13.0 Å². The van der Waals surface area contributed by atoms with E-state index in [1.54, 1.807) is 18.2 Å². The molecule has 0 saturated heterocycles. The van der Waals surface area contributed by atoms with Gasteiger partial charge in [0.1, 0.15) is 5.82 Å². The Balaban J connectivity index is 1.44. The zero-order valence-corrected chi connectivity index (χ0v) is 13.5. The van der Waals surface area contributed by atoms with Crippen LogP contribution in [0.15, 0.2) is 54.6 Å². The van der Waals surface area contributed by atoms with Gasteiger partial charge in [0, 0.05) is 37.8 Å². The number of fused-ring (bicyclic) bond motifs is 1. The number of rotatable bonds is 5. The SMILES string of the molecule is O=C(/C=C/c1ccccc1F)NCCN1CCc2ccccc2C1. The van der Waals surface area contributed by atoms with E-state index in [0.29, 0.717) is 12.1 Å². The third kappa shape index (κ3) is 4.30. The van der Waals surface area contributed by atoms with Gasteiger partial charge in [0.2, 0.25) is 5.91 Å². The minimum absolute atomic E-state index is 0.198. The summed E-state index contributed by atoms with van der Waals surface area (Å²) in [7, 11) is 0. The average Bonchev–Trinajstić information content (AvgIpc) is 2.61. The number of halogens is 1. The number of carbonyl (C=O) groups excluding carboxylic acids is 1. The Hall–Kier alpha value is -2.46. The maximum absolute atomic E-state index is 13.5. The summed E-state index contributed by atoms with van der Waals surface area (Å²) in [6.45, 7) is 3.34. The Labute approximate surface area is 141 Å².